The van der Waals surface area contributed by atoms with Crippen LogP contribution in [0.2, 0.25) is 5.02 Å². The molecule has 0 amide bonds. The number of rotatable bonds is 4. The number of hydrogen-bond acceptors (Lipinski definition) is 7. The number of aliphatic hydroxyl groups excluding tert-OH is 3. The van der Waals surface area contributed by atoms with E-state index in [-0.39, 0.29) is 5.75 Å². The molecule has 0 bridgehead atoms. The van der Waals surface area contributed by atoms with E-state index in [1.165, 1.54) is 18.0 Å². The van der Waals surface area contributed by atoms with E-state index in [1.54, 1.807) is 31.5 Å². The molecular formula is C17H18ClNO5S. The number of nitrogens with zero attached hydrogens (tertiary/aromatic N) is 1. The molecule has 0 aliphatic carbocycles. The molecular weight excluding hydrogens is 366 g/mol. The summed E-state index contributed by atoms with van der Waals surface area (Å²) >= 11 is 7.53. The van der Waals surface area contributed by atoms with E-state index in [1.807, 2.05) is 6.07 Å². The fourth-order valence-electron chi connectivity index (χ4n) is 2.50. The van der Waals surface area contributed by atoms with Gasteiger partial charge in [0.25, 0.3) is 0 Å². The van der Waals surface area contributed by atoms with Crippen LogP contribution < -0.4 is 9.47 Å². The van der Waals surface area contributed by atoms with Crippen molar-refractivity contribution in [1.29, 1.82) is 0 Å². The van der Waals surface area contributed by atoms with Gasteiger partial charge < -0.3 is 24.8 Å². The van der Waals surface area contributed by atoms with Gasteiger partial charge in [-0.05, 0) is 24.3 Å². The lowest BCUT2D eigenvalue weighted by atomic mass is 10.1. The van der Waals surface area contributed by atoms with Crippen LogP contribution in [-0.4, -0.2) is 56.9 Å². The molecule has 1 aliphatic rings. The topological polar surface area (TPSA) is 92.0 Å². The molecule has 4 atom stereocenters. The van der Waals surface area contributed by atoms with Crippen molar-refractivity contribution < 1.29 is 24.8 Å². The van der Waals surface area contributed by atoms with E-state index in [4.69, 9.17) is 21.1 Å². The highest BCUT2D eigenvalue weighted by Crippen LogP contribution is 2.34. The van der Waals surface area contributed by atoms with Gasteiger partial charge in [0.05, 0.1) is 24.4 Å². The Bertz CT molecular complexity index is 747. The summed E-state index contributed by atoms with van der Waals surface area (Å²) in [6.45, 7) is 0. The highest BCUT2D eigenvalue weighted by atomic mass is 35.5. The van der Waals surface area contributed by atoms with Gasteiger partial charge in [0.1, 0.15) is 23.7 Å². The second kappa shape index (κ2) is 7.80. The Hall–Kier alpha value is -1.51. The number of benzene rings is 1. The lowest BCUT2D eigenvalue weighted by molar-refractivity contribution is -0.0786. The first-order valence-corrected chi connectivity index (χ1v) is 9.03. The maximum absolute atomic E-state index is 10.0. The molecule has 0 radical (unpaired) electrons. The Morgan fingerprint density at radius 1 is 1.12 bits per heavy atom. The SMILES string of the molecule is COc1ccc(-c2cncc(O[C@H]3SC[C@@H](O)[C@H](O)[C@H]3O)c2)c(Cl)c1. The summed E-state index contributed by atoms with van der Waals surface area (Å²) in [5, 5.41) is 29.9. The second-order valence-corrected chi connectivity index (χ2v) is 7.16. The third-order valence-corrected chi connectivity index (χ3v) is 5.46. The standard InChI is InChI=1S/C17H18ClNO5S/c1-23-10-2-3-12(13(18)5-10)9-4-11(7-19-6-9)24-17-16(22)15(21)14(20)8-25-17/h2-7,14-17,20-22H,8H2,1H3/t14-,15+,16-,17+/m1/s1. The zero-order chi connectivity index (χ0) is 18.0. The maximum Gasteiger partial charge on any atom is 0.173 e. The van der Waals surface area contributed by atoms with Gasteiger partial charge in [-0.1, -0.05) is 11.6 Å². The number of aromatic nitrogens is 1. The number of hydrogen-bond donors (Lipinski definition) is 3. The maximum atomic E-state index is 10.0. The summed E-state index contributed by atoms with van der Waals surface area (Å²) in [5.41, 5.74) is 0.829. The highest BCUT2D eigenvalue weighted by molar-refractivity contribution is 7.99. The van der Waals surface area contributed by atoms with Crippen LogP contribution in [0.4, 0.5) is 0 Å². The number of ether oxygens (including phenoxy) is 2. The molecule has 3 rings (SSSR count). The van der Waals surface area contributed by atoms with Crippen molar-refractivity contribution in [1.82, 2.24) is 4.98 Å². The van der Waals surface area contributed by atoms with E-state index < -0.39 is 23.7 Å². The molecule has 1 fully saturated rings. The fourth-order valence-corrected chi connectivity index (χ4v) is 3.91. The Morgan fingerprint density at radius 3 is 2.64 bits per heavy atom. The molecule has 0 spiro atoms. The molecule has 3 N–H and O–H groups in total. The van der Waals surface area contributed by atoms with Gasteiger partial charge in [-0.25, -0.2) is 0 Å². The van der Waals surface area contributed by atoms with Gasteiger partial charge >= 0.3 is 0 Å². The minimum atomic E-state index is -1.24. The van der Waals surface area contributed by atoms with E-state index in [0.717, 1.165) is 11.1 Å². The predicted octanol–water partition coefficient (Wildman–Crippen LogP) is 1.94. The van der Waals surface area contributed by atoms with Gasteiger partial charge in [0.15, 0.2) is 5.44 Å². The van der Waals surface area contributed by atoms with Crippen molar-refractivity contribution >= 4 is 23.4 Å². The third-order valence-electron chi connectivity index (χ3n) is 3.91. The molecule has 6 nitrogen and oxygen atoms in total. The van der Waals surface area contributed by atoms with Gasteiger partial charge in [0, 0.05) is 23.1 Å². The van der Waals surface area contributed by atoms with Crippen molar-refractivity contribution in [3.63, 3.8) is 0 Å². The summed E-state index contributed by atoms with van der Waals surface area (Å²) < 4.78 is 10.9. The van der Waals surface area contributed by atoms with Crippen LogP contribution in [0.25, 0.3) is 11.1 Å². The van der Waals surface area contributed by atoms with Crippen LogP contribution in [-0.2, 0) is 0 Å². The second-order valence-electron chi connectivity index (χ2n) is 5.62. The van der Waals surface area contributed by atoms with Crippen molar-refractivity contribution in [3.05, 3.63) is 41.7 Å². The number of halogens is 1. The van der Waals surface area contributed by atoms with Gasteiger partial charge in [-0.3, -0.25) is 4.98 Å². The molecule has 25 heavy (non-hydrogen) atoms. The quantitative estimate of drug-likeness (QED) is 0.743. The largest absolute Gasteiger partial charge is 0.497 e. The van der Waals surface area contributed by atoms with Crippen molar-refractivity contribution in [2.75, 3.05) is 12.9 Å². The van der Waals surface area contributed by atoms with E-state index in [9.17, 15) is 15.3 Å². The summed E-state index contributed by atoms with van der Waals surface area (Å²) in [5.74, 6) is 1.37. The minimum Gasteiger partial charge on any atom is -0.497 e. The molecule has 0 saturated carbocycles. The Balaban J connectivity index is 1.80. The number of pyridine rings is 1. The first kappa shape index (κ1) is 18.3. The molecule has 1 saturated heterocycles. The van der Waals surface area contributed by atoms with Crippen LogP contribution in [0, 0.1) is 0 Å². The highest BCUT2D eigenvalue weighted by Gasteiger charge is 2.38. The van der Waals surface area contributed by atoms with Crippen LogP contribution in [0.3, 0.4) is 0 Å². The van der Waals surface area contributed by atoms with Crippen molar-refractivity contribution in [3.8, 4) is 22.6 Å². The van der Waals surface area contributed by atoms with Crippen molar-refractivity contribution in [2.45, 2.75) is 23.7 Å². The van der Waals surface area contributed by atoms with E-state index in [0.29, 0.717) is 16.5 Å². The Morgan fingerprint density at radius 2 is 1.92 bits per heavy atom. The summed E-state index contributed by atoms with van der Waals surface area (Å²) in [6.07, 6.45) is -0.224. The molecule has 1 aromatic carbocycles. The number of aliphatic hydroxyl groups is 3. The van der Waals surface area contributed by atoms with E-state index in [2.05, 4.69) is 4.98 Å². The summed E-state index contributed by atoms with van der Waals surface area (Å²) in [6, 6.07) is 7.09. The zero-order valence-electron chi connectivity index (χ0n) is 13.4. The zero-order valence-corrected chi connectivity index (χ0v) is 14.9. The molecule has 8 heteroatoms. The Labute approximate surface area is 154 Å². The molecule has 1 aromatic heterocycles. The summed E-state index contributed by atoms with van der Waals surface area (Å²) in [7, 11) is 1.57. The molecule has 1 aliphatic heterocycles. The summed E-state index contributed by atoms with van der Waals surface area (Å²) in [4.78, 5) is 4.15. The lowest BCUT2D eigenvalue weighted by Gasteiger charge is -2.34. The Kier molecular flexibility index (Phi) is 5.71. The average molecular weight is 384 g/mol. The van der Waals surface area contributed by atoms with Gasteiger partial charge in [-0.2, -0.15) is 0 Å². The fraction of sp³-hybridized carbons (Fsp3) is 0.353. The molecule has 0 unspecified atom stereocenters. The third kappa shape index (κ3) is 4.02. The molecule has 2 aromatic rings. The first-order valence-electron chi connectivity index (χ1n) is 7.61. The van der Waals surface area contributed by atoms with Gasteiger partial charge in [0.2, 0.25) is 0 Å². The molecule has 2 heterocycles. The average Bonchev–Trinajstić information content (AvgIpc) is 2.62. The normalized spacial score (nSPS) is 26.3. The van der Waals surface area contributed by atoms with Gasteiger partial charge in [-0.15, -0.1) is 11.8 Å². The predicted molar refractivity (Wildman–Crippen MR) is 96.1 cm³/mol. The van der Waals surface area contributed by atoms with E-state index >= 15 is 0 Å². The van der Waals surface area contributed by atoms with Crippen LogP contribution in [0.1, 0.15) is 0 Å². The lowest BCUT2D eigenvalue weighted by Crippen LogP contribution is -2.50. The number of methoxy groups -OCH3 is 1. The minimum absolute atomic E-state index is 0.278. The number of thioether (sulfide) groups is 1. The van der Waals surface area contributed by atoms with Crippen LogP contribution in [0.5, 0.6) is 11.5 Å². The van der Waals surface area contributed by atoms with Crippen molar-refractivity contribution in [2.24, 2.45) is 0 Å². The first-order chi connectivity index (χ1) is 12.0. The van der Waals surface area contributed by atoms with Crippen LogP contribution in [0.15, 0.2) is 36.7 Å². The smallest absolute Gasteiger partial charge is 0.173 e. The molecule has 134 valence electrons. The monoisotopic (exact) mass is 383 g/mol. The van der Waals surface area contributed by atoms with Crippen LogP contribution >= 0.6 is 23.4 Å².